The molecule has 1 fully saturated rings. The molecule has 16 nitrogen and oxygen atoms in total. The van der Waals surface area contributed by atoms with Crippen molar-refractivity contribution in [2.75, 3.05) is 6.61 Å². The summed E-state index contributed by atoms with van der Waals surface area (Å²) in [7, 11) is 0. The summed E-state index contributed by atoms with van der Waals surface area (Å²) in [6, 6.07) is 9.66. The van der Waals surface area contributed by atoms with Crippen LogP contribution in [0.1, 0.15) is 73.9 Å². The minimum Gasteiger partial charge on any atom is -0.489 e. The minimum atomic E-state index is -1.93. The highest BCUT2D eigenvalue weighted by atomic mass is 16.7. The number of ketones is 1. The number of hydrogen-bond acceptors (Lipinski definition) is 14. The van der Waals surface area contributed by atoms with E-state index >= 15 is 0 Å². The molecule has 2 aromatic heterocycles. The fourth-order valence-electron chi connectivity index (χ4n) is 8.68. The summed E-state index contributed by atoms with van der Waals surface area (Å²) in [4.78, 5) is 67.6. The van der Waals surface area contributed by atoms with Crippen LogP contribution < -0.4 is 15.0 Å². The van der Waals surface area contributed by atoms with Crippen LogP contribution in [-0.4, -0.2) is 67.5 Å². The van der Waals surface area contributed by atoms with Crippen LogP contribution in [0, 0.1) is 22.0 Å². The van der Waals surface area contributed by atoms with E-state index in [2.05, 4.69) is 0 Å². The molecule has 2 aromatic carbocycles. The Morgan fingerprint density at radius 1 is 1.05 bits per heavy atom. The van der Waals surface area contributed by atoms with E-state index in [1.165, 1.54) is 19.1 Å². The third-order valence-corrected chi connectivity index (χ3v) is 11.9. The number of carbonyl (C=O) groups excluding carboxylic acids is 3. The van der Waals surface area contributed by atoms with Crippen molar-refractivity contribution >= 4 is 34.3 Å². The maximum Gasteiger partial charge on any atom is 0.343 e. The number of Topliss-reactive ketones (excluding diaryl/α,β-unsaturated/α-hetero) is 1. The van der Waals surface area contributed by atoms with E-state index in [0.717, 1.165) is 34.9 Å². The minimum absolute atomic E-state index is 0.0293. The first-order valence-electron chi connectivity index (χ1n) is 18.9. The molecule has 57 heavy (non-hydrogen) atoms. The van der Waals surface area contributed by atoms with Crippen molar-refractivity contribution in [2.45, 2.75) is 97.2 Å². The number of pyridine rings is 2. The van der Waals surface area contributed by atoms with E-state index in [1.807, 2.05) is 6.07 Å². The first kappa shape index (κ1) is 38.2. The van der Waals surface area contributed by atoms with Gasteiger partial charge in [-0.2, -0.15) is 0 Å². The number of fused-ring (bicyclic) bond motifs is 5. The zero-order valence-electron chi connectivity index (χ0n) is 31.7. The monoisotopic (exact) mass is 783 g/mol. The summed E-state index contributed by atoms with van der Waals surface area (Å²) in [6.45, 7) is 5.61. The SMILES string of the molecule is CC[C@@]1(O)C(=O)OCc2c1cc1n(c2=O)Cc2c-1nc1ccc(OCc3ccc(O[C@@H]4OC(C(=O)CO)[C@@H](C)[C@H](C)C4OC(C)=O)c([N+](=O)[O-])c3)c3c1c2CCC3. The quantitative estimate of drug-likeness (QED) is 0.117. The number of nitrogens with zero attached hydrogens (tertiary/aromatic N) is 3. The number of rotatable bonds is 10. The summed E-state index contributed by atoms with van der Waals surface area (Å²) >= 11 is 0. The molecular formula is C41H41N3O13. The lowest BCUT2D eigenvalue weighted by Gasteiger charge is -2.42. The van der Waals surface area contributed by atoms with Gasteiger partial charge in [-0.15, -0.1) is 0 Å². The van der Waals surface area contributed by atoms with Gasteiger partial charge in [-0.1, -0.05) is 26.8 Å². The highest BCUT2D eigenvalue weighted by Gasteiger charge is 2.48. The lowest BCUT2D eigenvalue weighted by atomic mass is 9.82. The van der Waals surface area contributed by atoms with Gasteiger partial charge >= 0.3 is 17.6 Å². The predicted molar refractivity (Wildman–Crippen MR) is 199 cm³/mol. The second-order valence-electron chi connectivity index (χ2n) is 15.1. The number of benzene rings is 2. The van der Waals surface area contributed by atoms with Gasteiger partial charge in [-0.25, -0.2) is 9.78 Å². The first-order valence-corrected chi connectivity index (χ1v) is 18.9. The number of esters is 2. The molecule has 0 spiro atoms. The Bertz CT molecular complexity index is 2440. The summed E-state index contributed by atoms with van der Waals surface area (Å²) in [5, 5.41) is 34.0. The summed E-state index contributed by atoms with van der Waals surface area (Å²) in [5.74, 6) is -2.48. The molecule has 6 atom stereocenters. The van der Waals surface area contributed by atoms with Crippen molar-refractivity contribution in [3.63, 3.8) is 0 Å². The Morgan fingerprint density at radius 2 is 1.81 bits per heavy atom. The van der Waals surface area contributed by atoms with Crippen LogP contribution in [-0.2, 0) is 66.8 Å². The third kappa shape index (κ3) is 6.22. The number of cyclic esters (lactones) is 1. The maximum atomic E-state index is 13.8. The van der Waals surface area contributed by atoms with E-state index in [9.17, 15) is 39.5 Å². The molecule has 2 unspecified atom stereocenters. The molecule has 4 aromatic rings. The number of nitro groups is 1. The lowest BCUT2D eigenvalue weighted by Crippen LogP contribution is -2.55. The van der Waals surface area contributed by atoms with Gasteiger partial charge < -0.3 is 38.5 Å². The number of hydrogen-bond donors (Lipinski definition) is 2. The zero-order valence-corrected chi connectivity index (χ0v) is 31.7. The normalized spacial score (nSPS) is 24.5. The molecule has 8 rings (SSSR count). The standard InChI is InChI=1S/C41H41N3O13/c1-5-41(50)27-14-30-35-25(15-43(30)38(48)26(27)18-54-40(41)49)23-7-6-8-24-32(12-10-28(42-35)34(23)24)53-17-22-9-11-33(29(13-22)44(51)52)56-39-37(55-21(4)46)20(3)19(2)36(57-39)31(47)16-45/h9-14,19-20,36-37,39,45,50H,5-8,15-18H2,1-4H3/t19-,20-,36?,37?,39+,41-/m0/s1. The average molecular weight is 784 g/mol. The summed E-state index contributed by atoms with van der Waals surface area (Å²) < 4.78 is 30.5. The topological polar surface area (TPSA) is 216 Å². The van der Waals surface area contributed by atoms with Gasteiger partial charge in [0.15, 0.2) is 23.2 Å². The van der Waals surface area contributed by atoms with Gasteiger partial charge in [0, 0.05) is 41.0 Å². The van der Waals surface area contributed by atoms with E-state index in [-0.39, 0.29) is 48.6 Å². The summed E-state index contributed by atoms with van der Waals surface area (Å²) in [6.07, 6.45) is -1.16. The number of nitro benzene ring substituents is 1. The molecule has 0 radical (unpaired) electrons. The third-order valence-electron chi connectivity index (χ3n) is 11.9. The van der Waals surface area contributed by atoms with Crippen LogP contribution in [0.2, 0.25) is 0 Å². The van der Waals surface area contributed by atoms with E-state index in [0.29, 0.717) is 34.6 Å². The predicted octanol–water partition coefficient (Wildman–Crippen LogP) is 3.92. The Balaban J connectivity index is 1.08. The Morgan fingerprint density at radius 3 is 2.53 bits per heavy atom. The fraction of sp³-hybridized carbons (Fsp3) is 0.439. The van der Waals surface area contributed by atoms with Crippen LogP contribution in [0.4, 0.5) is 5.69 Å². The largest absolute Gasteiger partial charge is 0.489 e. The maximum absolute atomic E-state index is 13.8. The summed E-state index contributed by atoms with van der Waals surface area (Å²) in [5.41, 5.74) is 3.06. The molecule has 3 aliphatic heterocycles. The smallest absolute Gasteiger partial charge is 0.343 e. The molecule has 16 heteroatoms. The first-order chi connectivity index (χ1) is 27.2. The van der Waals surface area contributed by atoms with Crippen LogP contribution in [0.5, 0.6) is 11.5 Å². The molecule has 0 saturated carbocycles. The van der Waals surface area contributed by atoms with Gasteiger partial charge in [0.1, 0.15) is 31.7 Å². The van der Waals surface area contributed by atoms with Gasteiger partial charge in [0.25, 0.3) is 5.56 Å². The Hall–Kier alpha value is -5.71. The molecule has 0 amide bonds. The van der Waals surface area contributed by atoms with Crippen molar-refractivity contribution in [3.05, 3.63) is 90.2 Å². The van der Waals surface area contributed by atoms with Crippen molar-refractivity contribution < 1.29 is 53.2 Å². The second kappa shape index (κ2) is 14.3. The highest BCUT2D eigenvalue weighted by Crippen LogP contribution is 2.44. The van der Waals surface area contributed by atoms with Gasteiger partial charge in [0.05, 0.1) is 33.9 Å². The Labute approximate surface area is 325 Å². The molecule has 0 bridgehead atoms. The fourth-order valence-corrected chi connectivity index (χ4v) is 8.68. The molecule has 4 aliphatic rings. The van der Waals surface area contributed by atoms with Crippen molar-refractivity contribution in [1.29, 1.82) is 0 Å². The average Bonchev–Trinajstić information content (AvgIpc) is 3.57. The lowest BCUT2D eigenvalue weighted by molar-refractivity contribution is -0.386. The van der Waals surface area contributed by atoms with Crippen molar-refractivity contribution in [1.82, 2.24) is 9.55 Å². The second-order valence-corrected chi connectivity index (χ2v) is 15.1. The van der Waals surface area contributed by atoms with Crippen molar-refractivity contribution in [3.8, 4) is 22.9 Å². The molecule has 298 valence electrons. The van der Waals surface area contributed by atoms with Gasteiger partial charge in [-0.3, -0.25) is 24.5 Å². The molecule has 1 saturated heterocycles. The molecule has 1 aliphatic carbocycles. The highest BCUT2D eigenvalue weighted by molar-refractivity contribution is 5.93. The number of aliphatic hydroxyl groups excluding tert-OH is 1. The van der Waals surface area contributed by atoms with E-state index < -0.39 is 70.9 Å². The molecule has 5 heterocycles. The van der Waals surface area contributed by atoms with E-state index in [4.69, 9.17) is 28.7 Å². The number of ether oxygens (including phenoxy) is 5. The van der Waals surface area contributed by atoms with Crippen molar-refractivity contribution in [2.24, 2.45) is 11.8 Å². The van der Waals surface area contributed by atoms with Gasteiger partial charge in [0.2, 0.25) is 6.29 Å². The molecular weight excluding hydrogens is 742 g/mol. The zero-order chi connectivity index (χ0) is 40.5. The van der Waals surface area contributed by atoms with E-state index in [1.54, 1.807) is 43.5 Å². The van der Waals surface area contributed by atoms with Gasteiger partial charge in [-0.05, 0) is 67.0 Å². The molecule has 2 N–H and O–H groups in total. The van der Waals surface area contributed by atoms with Crippen LogP contribution in [0.15, 0.2) is 41.2 Å². The Kier molecular flexibility index (Phi) is 9.61. The van der Waals surface area contributed by atoms with Crippen LogP contribution in [0.25, 0.3) is 22.3 Å². The number of aromatic nitrogens is 2. The number of aryl methyl sites for hydroxylation is 2. The number of carbonyl (C=O) groups is 3. The van der Waals surface area contributed by atoms with Crippen LogP contribution >= 0.6 is 0 Å². The van der Waals surface area contributed by atoms with Crippen LogP contribution in [0.3, 0.4) is 0 Å². The number of aliphatic hydroxyl groups is 2.